The fourth-order valence-corrected chi connectivity index (χ4v) is 3.46. The highest BCUT2D eigenvalue weighted by molar-refractivity contribution is 7.90. The number of nitrogens with two attached hydrogens (primary N) is 1. The van der Waals surface area contributed by atoms with E-state index in [9.17, 15) is 8.42 Å². The molecule has 0 amide bonds. The molecular formula is C9H17N3O2S. The summed E-state index contributed by atoms with van der Waals surface area (Å²) in [6, 6.07) is 1.84. The summed E-state index contributed by atoms with van der Waals surface area (Å²) in [5.41, 5.74) is 5.49. The van der Waals surface area contributed by atoms with E-state index in [4.69, 9.17) is 11.0 Å². The van der Waals surface area contributed by atoms with Crippen LogP contribution in [0.1, 0.15) is 19.8 Å². The Hall–Kier alpha value is -0.640. The maximum absolute atomic E-state index is 11.9. The van der Waals surface area contributed by atoms with Crippen molar-refractivity contribution in [3.63, 3.8) is 0 Å². The van der Waals surface area contributed by atoms with Gasteiger partial charge in [0.05, 0.1) is 6.07 Å². The van der Waals surface area contributed by atoms with Crippen LogP contribution in [0.4, 0.5) is 0 Å². The lowest BCUT2D eigenvalue weighted by atomic mass is 10.1. The summed E-state index contributed by atoms with van der Waals surface area (Å²) >= 11 is 0. The summed E-state index contributed by atoms with van der Waals surface area (Å²) in [5.74, 6) is 0.246. The Labute approximate surface area is 90.9 Å². The number of hydrogen-bond acceptors (Lipinski definition) is 4. The van der Waals surface area contributed by atoms with Gasteiger partial charge in [0.2, 0.25) is 10.0 Å². The fourth-order valence-electron chi connectivity index (χ4n) is 1.77. The van der Waals surface area contributed by atoms with Crippen molar-refractivity contribution in [2.45, 2.75) is 25.0 Å². The number of sulfonamides is 1. The minimum Gasteiger partial charge on any atom is -0.330 e. The van der Waals surface area contributed by atoms with Crippen LogP contribution in [-0.4, -0.2) is 37.6 Å². The maximum Gasteiger partial charge on any atom is 0.230 e. The van der Waals surface area contributed by atoms with Crippen LogP contribution >= 0.6 is 0 Å². The lowest BCUT2D eigenvalue weighted by Crippen LogP contribution is -2.36. The number of rotatable bonds is 4. The van der Waals surface area contributed by atoms with E-state index in [1.807, 2.05) is 6.07 Å². The molecular weight excluding hydrogens is 214 g/mol. The molecule has 0 aromatic heterocycles. The smallest absolute Gasteiger partial charge is 0.230 e. The SMILES string of the molecule is CCC(C#N)S(=O)(=O)N1CCC(CN)C1. The lowest BCUT2D eigenvalue weighted by Gasteiger charge is -2.18. The third kappa shape index (κ3) is 2.48. The van der Waals surface area contributed by atoms with E-state index in [0.29, 0.717) is 26.1 Å². The highest BCUT2D eigenvalue weighted by atomic mass is 32.2. The van der Waals surface area contributed by atoms with Crippen molar-refractivity contribution >= 4 is 10.0 Å². The summed E-state index contributed by atoms with van der Waals surface area (Å²) in [5, 5.41) is 7.86. The first kappa shape index (κ1) is 12.4. The molecule has 1 heterocycles. The first-order chi connectivity index (χ1) is 7.06. The summed E-state index contributed by atoms with van der Waals surface area (Å²) in [6.07, 6.45) is 1.14. The molecule has 1 saturated heterocycles. The van der Waals surface area contributed by atoms with E-state index in [1.54, 1.807) is 6.92 Å². The first-order valence-corrected chi connectivity index (χ1v) is 6.65. The van der Waals surface area contributed by atoms with E-state index in [1.165, 1.54) is 4.31 Å². The van der Waals surface area contributed by atoms with E-state index >= 15 is 0 Å². The minimum atomic E-state index is -3.43. The van der Waals surface area contributed by atoms with E-state index in [2.05, 4.69) is 0 Å². The Kier molecular flexibility index (Phi) is 4.08. The Bertz CT molecular complexity index is 347. The molecule has 1 aliphatic rings. The van der Waals surface area contributed by atoms with Gasteiger partial charge in [0.25, 0.3) is 0 Å². The minimum absolute atomic E-state index is 0.246. The van der Waals surface area contributed by atoms with Crippen molar-refractivity contribution in [2.75, 3.05) is 19.6 Å². The first-order valence-electron chi connectivity index (χ1n) is 5.14. The zero-order valence-corrected chi connectivity index (χ0v) is 9.70. The molecule has 5 nitrogen and oxygen atoms in total. The van der Waals surface area contributed by atoms with Crippen molar-refractivity contribution in [3.8, 4) is 6.07 Å². The van der Waals surface area contributed by atoms with Crippen LogP contribution in [0.3, 0.4) is 0 Å². The van der Waals surface area contributed by atoms with Gasteiger partial charge < -0.3 is 5.73 Å². The molecule has 1 fully saturated rings. The van der Waals surface area contributed by atoms with Gasteiger partial charge in [0.1, 0.15) is 0 Å². The lowest BCUT2D eigenvalue weighted by molar-refractivity contribution is 0.453. The fraction of sp³-hybridized carbons (Fsp3) is 0.889. The third-order valence-corrected chi connectivity index (χ3v) is 5.03. The molecule has 0 radical (unpaired) electrons. The van der Waals surface area contributed by atoms with E-state index in [-0.39, 0.29) is 5.92 Å². The molecule has 0 aromatic rings. The second-order valence-electron chi connectivity index (χ2n) is 3.82. The quantitative estimate of drug-likeness (QED) is 0.732. The van der Waals surface area contributed by atoms with Gasteiger partial charge in [-0.3, -0.25) is 0 Å². The second-order valence-corrected chi connectivity index (χ2v) is 5.93. The molecule has 0 aliphatic carbocycles. The maximum atomic E-state index is 11.9. The van der Waals surface area contributed by atoms with Gasteiger partial charge in [-0.05, 0) is 25.3 Å². The molecule has 1 rings (SSSR count). The summed E-state index contributed by atoms with van der Waals surface area (Å²) in [7, 11) is -3.43. The predicted molar refractivity (Wildman–Crippen MR) is 57.3 cm³/mol. The molecule has 2 unspecified atom stereocenters. The van der Waals surface area contributed by atoms with Crippen molar-refractivity contribution in [2.24, 2.45) is 11.7 Å². The molecule has 0 saturated carbocycles. The predicted octanol–water partition coefficient (Wildman–Crippen LogP) is -0.101. The molecule has 2 N–H and O–H groups in total. The van der Waals surface area contributed by atoms with Crippen molar-refractivity contribution in [1.82, 2.24) is 4.31 Å². The average molecular weight is 231 g/mol. The molecule has 1 aliphatic heterocycles. The normalized spacial score (nSPS) is 25.0. The molecule has 0 spiro atoms. The van der Waals surface area contributed by atoms with Gasteiger partial charge in [-0.1, -0.05) is 6.92 Å². The van der Waals surface area contributed by atoms with Gasteiger partial charge in [0, 0.05) is 13.1 Å². The van der Waals surface area contributed by atoms with Crippen LogP contribution in [0.25, 0.3) is 0 Å². The van der Waals surface area contributed by atoms with Crippen molar-refractivity contribution in [1.29, 1.82) is 5.26 Å². The highest BCUT2D eigenvalue weighted by Gasteiger charge is 2.35. The monoisotopic (exact) mass is 231 g/mol. The Morgan fingerprint density at radius 1 is 1.67 bits per heavy atom. The Morgan fingerprint density at radius 2 is 2.33 bits per heavy atom. The molecule has 2 atom stereocenters. The molecule has 0 bridgehead atoms. The molecule has 15 heavy (non-hydrogen) atoms. The van der Waals surface area contributed by atoms with Crippen LogP contribution in [0.2, 0.25) is 0 Å². The Balaban J connectivity index is 2.76. The zero-order chi connectivity index (χ0) is 11.5. The van der Waals surface area contributed by atoms with Gasteiger partial charge in [-0.25, -0.2) is 12.7 Å². The largest absolute Gasteiger partial charge is 0.330 e. The highest BCUT2D eigenvalue weighted by Crippen LogP contribution is 2.21. The summed E-state index contributed by atoms with van der Waals surface area (Å²) in [6.45, 7) is 3.19. The van der Waals surface area contributed by atoms with Crippen LogP contribution < -0.4 is 5.73 Å². The van der Waals surface area contributed by atoms with Gasteiger partial charge in [-0.15, -0.1) is 0 Å². The second kappa shape index (κ2) is 4.92. The zero-order valence-electron chi connectivity index (χ0n) is 8.89. The average Bonchev–Trinajstić information content (AvgIpc) is 2.67. The summed E-state index contributed by atoms with van der Waals surface area (Å²) < 4.78 is 25.2. The standard InChI is InChI=1S/C9H17N3O2S/c1-2-9(6-11)15(13,14)12-4-3-8(5-10)7-12/h8-9H,2-5,7,10H2,1H3. The van der Waals surface area contributed by atoms with Crippen LogP contribution in [0.5, 0.6) is 0 Å². The van der Waals surface area contributed by atoms with Crippen LogP contribution in [0, 0.1) is 17.2 Å². The van der Waals surface area contributed by atoms with Crippen molar-refractivity contribution in [3.05, 3.63) is 0 Å². The van der Waals surface area contributed by atoms with Gasteiger partial charge in [-0.2, -0.15) is 5.26 Å². The number of nitrogens with zero attached hydrogens (tertiary/aromatic N) is 2. The van der Waals surface area contributed by atoms with Crippen LogP contribution in [-0.2, 0) is 10.0 Å². The van der Waals surface area contributed by atoms with Gasteiger partial charge >= 0.3 is 0 Å². The van der Waals surface area contributed by atoms with E-state index in [0.717, 1.165) is 6.42 Å². The Morgan fingerprint density at radius 3 is 2.73 bits per heavy atom. The third-order valence-electron chi connectivity index (χ3n) is 2.82. The topological polar surface area (TPSA) is 87.2 Å². The molecule has 0 aromatic carbocycles. The molecule has 86 valence electrons. The number of nitriles is 1. The van der Waals surface area contributed by atoms with Gasteiger partial charge in [0.15, 0.2) is 5.25 Å². The number of hydrogen-bond donors (Lipinski definition) is 1. The van der Waals surface area contributed by atoms with Crippen molar-refractivity contribution < 1.29 is 8.42 Å². The van der Waals surface area contributed by atoms with Crippen LogP contribution in [0.15, 0.2) is 0 Å². The summed E-state index contributed by atoms with van der Waals surface area (Å²) in [4.78, 5) is 0. The van der Waals surface area contributed by atoms with E-state index < -0.39 is 15.3 Å². The molecule has 6 heteroatoms.